The molecule has 0 aromatic heterocycles. The van der Waals surface area contributed by atoms with Crippen molar-refractivity contribution in [1.29, 1.82) is 0 Å². The van der Waals surface area contributed by atoms with Gasteiger partial charge in [-0.2, -0.15) is 0 Å². The van der Waals surface area contributed by atoms with Gasteiger partial charge in [0.05, 0.1) is 6.42 Å². The summed E-state index contributed by atoms with van der Waals surface area (Å²) in [5.74, 6) is -2.96. The lowest BCUT2D eigenvalue weighted by Crippen LogP contribution is -2.55. The Bertz CT molecular complexity index is 1360. The number of aryl methyl sites for hydroxylation is 1. The van der Waals surface area contributed by atoms with Crippen molar-refractivity contribution in [2.75, 3.05) is 6.54 Å². The third-order valence-corrected chi connectivity index (χ3v) is 6.56. The van der Waals surface area contributed by atoms with E-state index >= 15 is 0 Å². The second kappa shape index (κ2) is 16.6. The molecule has 46 heavy (non-hydrogen) atoms. The molecule has 0 aliphatic heterocycles. The van der Waals surface area contributed by atoms with Gasteiger partial charge in [-0.1, -0.05) is 67.6 Å². The maximum atomic E-state index is 14.3. The number of hydrogen-bond acceptors (Lipinski definition) is 7. The number of hydrogen-bond donors (Lipinski definition) is 3. The van der Waals surface area contributed by atoms with E-state index in [1.165, 1.54) is 11.0 Å². The molecule has 0 radical (unpaired) electrons. The van der Waals surface area contributed by atoms with Gasteiger partial charge >= 0.3 is 12.1 Å². The van der Waals surface area contributed by atoms with E-state index in [-0.39, 0.29) is 13.0 Å². The van der Waals surface area contributed by atoms with Gasteiger partial charge in [-0.05, 0) is 64.7 Å². The SMILES string of the molecule is C=CCN(C(=O)C(CC(N)=O)NC(=O)OC(C)(C)C)C(C(=O)NC(Cc1ccccc1)C(=O)OC(C)(C)C)c1ccc(CC)cc1. The van der Waals surface area contributed by atoms with Crippen molar-refractivity contribution in [3.8, 4) is 0 Å². The van der Waals surface area contributed by atoms with Crippen LogP contribution in [0.2, 0.25) is 0 Å². The summed E-state index contributed by atoms with van der Waals surface area (Å²) in [5.41, 5.74) is 5.96. The fourth-order valence-electron chi connectivity index (χ4n) is 4.59. The minimum atomic E-state index is -1.46. The van der Waals surface area contributed by atoms with E-state index in [1.807, 2.05) is 49.4 Å². The normalized spacial score (nSPS) is 13.4. The Labute approximate surface area is 271 Å². The van der Waals surface area contributed by atoms with Gasteiger partial charge < -0.3 is 30.7 Å². The molecule has 11 heteroatoms. The molecule has 250 valence electrons. The number of carbonyl (C=O) groups is 5. The van der Waals surface area contributed by atoms with E-state index < -0.39 is 65.5 Å². The van der Waals surface area contributed by atoms with Gasteiger partial charge in [0, 0.05) is 13.0 Å². The van der Waals surface area contributed by atoms with Gasteiger partial charge in [-0.25, -0.2) is 9.59 Å². The lowest BCUT2D eigenvalue weighted by atomic mass is 9.99. The summed E-state index contributed by atoms with van der Waals surface area (Å²) < 4.78 is 11.0. The maximum Gasteiger partial charge on any atom is 0.408 e. The average molecular weight is 637 g/mol. The van der Waals surface area contributed by atoms with Crippen molar-refractivity contribution in [1.82, 2.24) is 15.5 Å². The quantitative estimate of drug-likeness (QED) is 0.208. The fourth-order valence-corrected chi connectivity index (χ4v) is 4.59. The Morgan fingerprint density at radius 2 is 1.43 bits per heavy atom. The lowest BCUT2D eigenvalue weighted by Gasteiger charge is -2.34. The summed E-state index contributed by atoms with van der Waals surface area (Å²) >= 11 is 0. The highest BCUT2D eigenvalue weighted by atomic mass is 16.6. The van der Waals surface area contributed by atoms with Crippen molar-refractivity contribution in [3.05, 3.63) is 83.9 Å². The van der Waals surface area contributed by atoms with Crippen LogP contribution < -0.4 is 16.4 Å². The number of esters is 1. The molecule has 0 saturated carbocycles. The summed E-state index contributed by atoms with van der Waals surface area (Å²) in [6, 6.07) is 12.4. The average Bonchev–Trinajstić information content (AvgIpc) is 2.94. The molecule has 0 aliphatic carbocycles. The van der Waals surface area contributed by atoms with Crippen LogP contribution in [-0.4, -0.2) is 64.5 Å². The molecular weight excluding hydrogens is 588 g/mol. The van der Waals surface area contributed by atoms with Crippen LogP contribution in [0.1, 0.15) is 77.6 Å². The number of ether oxygens (including phenoxy) is 2. The first-order valence-electron chi connectivity index (χ1n) is 15.3. The molecule has 4 amide bonds. The van der Waals surface area contributed by atoms with Gasteiger partial charge in [0.25, 0.3) is 0 Å². The van der Waals surface area contributed by atoms with Crippen LogP contribution in [-0.2, 0) is 41.5 Å². The third-order valence-electron chi connectivity index (χ3n) is 6.56. The molecule has 2 aromatic rings. The highest BCUT2D eigenvalue weighted by Gasteiger charge is 2.38. The smallest absolute Gasteiger partial charge is 0.408 e. The van der Waals surface area contributed by atoms with Crippen molar-refractivity contribution < 1.29 is 33.4 Å². The summed E-state index contributed by atoms with van der Waals surface area (Å²) in [7, 11) is 0. The fraction of sp³-hybridized carbons (Fsp3) is 0.457. The Morgan fingerprint density at radius 1 is 0.848 bits per heavy atom. The van der Waals surface area contributed by atoms with Gasteiger partial charge in [0.15, 0.2) is 0 Å². The Kier molecular flexibility index (Phi) is 13.5. The number of primary amides is 1. The van der Waals surface area contributed by atoms with E-state index in [1.54, 1.807) is 53.7 Å². The first-order valence-corrected chi connectivity index (χ1v) is 15.3. The number of amides is 4. The van der Waals surface area contributed by atoms with Gasteiger partial charge in [0.1, 0.15) is 29.3 Å². The zero-order valence-corrected chi connectivity index (χ0v) is 27.9. The van der Waals surface area contributed by atoms with Crippen molar-refractivity contribution in [3.63, 3.8) is 0 Å². The number of alkyl carbamates (subject to hydrolysis) is 1. The molecule has 0 aliphatic rings. The molecular formula is C35H48N4O7. The molecule has 0 saturated heterocycles. The monoisotopic (exact) mass is 636 g/mol. The number of benzene rings is 2. The Hall–Kier alpha value is -4.67. The van der Waals surface area contributed by atoms with E-state index in [0.29, 0.717) is 5.56 Å². The molecule has 2 aromatic carbocycles. The predicted molar refractivity (Wildman–Crippen MR) is 175 cm³/mol. The van der Waals surface area contributed by atoms with E-state index in [4.69, 9.17) is 15.2 Å². The van der Waals surface area contributed by atoms with Crippen LogP contribution in [0.4, 0.5) is 4.79 Å². The van der Waals surface area contributed by atoms with Crippen molar-refractivity contribution in [2.24, 2.45) is 5.73 Å². The zero-order chi connectivity index (χ0) is 34.7. The van der Waals surface area contributed by atoms with E-state index in [9.17, 15) is 24.0 Å². The summed E-state index contributed by atoms with van der Waals surface area (Å²) in [4.78, 5) is 67.7. The molecule has 0 spiro atoms. The number of nitrogens with one attached hydrogen (secondary N) is 2. The summed E-state index contributed by atoms with van der Waals surface area (Å²) in [6.07, 6.45) is 0.798. The van der Waals surface area contributed by atoms with Crippen molar-refractivity contribution in [2.45, 2.75) is 97.1 Å². The molecule has 3 unspecified atom stereocenters. The maximum absolute atomic E-state index is 14.3. The highest BCUT2D eigenvalue weighted by Crippen LogP contribution is 2.25. The van der Waals surface area contributed by atoms with Crippen molar-refractivity contribution >= 4 is 29.8 Å². The standard InChI is InChI=1S/C35H48N4O7/c1-9-20-39(31(42)26(22-28(36)40)38-33(44)46-35(6,7)8)29(25-18-16-23(10-2)17-19-25)30(41)37-27(32(43)45-34(3,4)5)21-24-14-12-11-13-15-24/h9,11-19,26-27,29H,1,10,20-22H2,2-8H3,(H2,36,40)(H,37,41)(H,38,44). The van der Waals surface area contributed by atoms with Gasteiger partial charge in [0.2, 0.25) is 17.7 Å². The van der Waals surface area contributed by atoms with Crippen LogP contribution in [0.25, 0.3) is 0 Å². The molecule has 2 rings (SSSR count). The molecule has 4 N–H and O–H groups in total. The molecule has 0 bridgehead atoms. The lowest BCUT2D eigenvalue weighted by molar-refractivity contribution is -0.159. The minimum absolute atomic E-state index is 0.128. The largest absolute Gasteiger partial charge is 0.458 e. The number of nitrogens with zero attached hydrogens (tertiary/aromatic N) is 1. The summed E-state index contributed by atoms with van der Waals surface area (Å²) in [5, 5.41) is 5.25. The number of nitrogens with two attached hydrogens (primary N) is 1. The first-order chi connectivity index (χ1) is 21.4. The van der Waals surface area contributed by atoms with Crippen LogP contribution in [0.3, 0.4) is 0 Å². The molecule has 11 nitrogen and oxygen atoms in total. The summed E-state index contributed by atoms with van der Waals surface area (Å²) in [6.45, 7) is 15.7. The second-order valence-electron chi connectivity index (χ2n) is 12.9. The zero-order valence-electron chi connectivity index (χ0n) is 27.9. The Morgan fingerprint density at radius 3 is 1.93 bits per heavy atom. The molecule has 0 heterocycles. The topological polar surface area (TPSA) is 157 Å². The van der Waals surface area contributed by atoms with E-state index in [0.717, 1.165) is 17.5 Å². The highest BCUT2D eigenvalue weighted by molar-refractivity contribution is 5.95. The number of rotatable bonds is 14. The molecule has 0 fully saturated rings. The van der Waals surface area contributed by atoms with Gasteiger partial charge in [-0.15, -0.1) is 6.58 Å². The van der Waals surface area contributed by atoms with Crippen LogP contribution in [0, 0.1) is 0 Å². The van der Waals surface area contributed by atoms with Gasteiger partial charge in [-0.3, -0.25) is 14.4 Å². The number of carbonyl (C=O) groups excluding carboxylic acids is 5. The predicted octanol–water partition coefficient (Wildman–Crippen LogP) is 4.14. The van der Waals surface area contributed by atoms with E-state index in [2.05, 4.69) is 17.2 Å². The second-order valence-corrected chi connectivity index (χ2v) is 12.9. The Balaban J connectivity index is 2.60. The first kappa shape index (κ1) is 37.5. The van der Waals surface area contributed by atoms with Crippen LogP contribution >= 0.6 is 0 Å². The minimum Gasteiger partial charge on any atom is -0.458 e. The van der Waals surface area contributed by atoms with Crippen LogP contribution in [0.15, 0.2) is 67.3 Å². The third kappa shape index (κ3) is 12.4. The van der Waals surface area contributed by atoms with Crippen LogP contribution in [0.5, 0.6) is 0 Å². The molecule has 3 atom stereocenters.